The Morgan fingerprint density at radius 2 is 1.40 bits per heavy atom. The average molecular weight is 830 g/mol. The van der Waals surface area contributed by atoms with Crippen molar-refractivity contribution < 1.29 is 34.2 Å². The van der Waals surface area contributed by atoms with E-state index in [2.05, 4.69) is 21.3 Å². The minimum absolute atomic E-state index is 0. The molecule has 0 saturated heterocycles. The van der Waals surface area contributed by atoms with Crippen molar-refractivity contribution >= 4 is 79.2 Å². The first-order valence-corrected chi connectivity index (χ1v) is 16.4. The molecular weight excluding hydrogens is 776 g/mol. The highest BCUT2D eigenvalue weighted by atomic mass is 35.5. The van der Waals surface area contributed by atoms with Gasteiger partial charge < -0.3 is 60.1 Å². The second kappa shape index (κ2) is 25.4. The van der Waals surface area contributed by atoms with Crippen LogP contribution in [-0.2, 0) is 36.8 Å². The Labute approximate surface area is 333 Å². The lowest BCUT2D eigenvalue weighted by atomic mass is 9.95. The molecule has 53 heavy (non-hydrogen) atoms. The van der Waals surface area contributed by atoms with Gasteiger partial charge in [-0.25, -0.2) is 0 Å². The van der Waals surface area contributed by atoms with E-state index in [0.717, 1.165) is 0 Å². The number of nitrogens with one attached hydrogen (secondary N) is 4. The van der Waals surface area contributed by atoms with Gasteiger partial charge in [-0.2, -0.15) is 0 Å². The van der Waals surface area contributed by atoms with Gasteiger partial charge in [0.2, 0.25) is 29.5 Å². The van der Waals surface area contributed by atoms with Crippen LogP contribution in [0.25, 0.3) is 11.1 Å². The quantitative estimate of drug-likeness (QED) is 0.116. The number of phenols is 2. The first-order chi connectivity index (χ1) is 23.3. The van der Waals surface area contributed by atoms with Crippen molar-refractivity contribution in [1.82, 2.24) is 21.3 Å². The van der Waals surface area contributed by atoms with Gasteiger partial charge in [-0.05, 0) is 91.7 Å². The molecule has 0 saturated carbocycles. The van der Waals surface area contributed by atoms with Crippen LogP contribution in [0.1, 0.15) is 49.7 Å². The Balaban J connectivity index is 0. The lowest BCUT2D eigenvalue weighted by Gasteiger charge is -2.26. The fraction of sp³-hybridized carbons (Fsp3) is 0.485. The Morgan fingerprint density at radius 1 is 0.830 bits per heavy atom. The second-order valence-corrected chi connectivity index (χ2v) is 12.3. The van der Waals surface area contributed by atoms with E-state index in [-0.39, 0.29) is 112 Å². The second-order valence-electron chi connectivity index (χ2n) is 12.3. The minimum atomic E-state index is -1.37. The summed E-state index contributed by atoms with van der Waals surface area (Å²) in [5.74, 6) is -3.73. The van der Waals surface area contributed by atoms with E-state index in [4.69, 9.17) is 28.7 Å². The molecule has 0 fully saturated rings. The van der Waals surface area contributed by atoms with Crippen LogP contribution in [0.15, 0.2) is 36.4 Å². The molecule has 20 heteroatoms. The largest absolute Gasteiger partial charge is 0.508 e. The summed E-state index contributed by atoms with van der Waals surface area (Å²) in [4.78, 5) is 65.6. The summed E-state index contributed by atoms with van der Waals surface area (Å²) in [5, 5.41) is 31.9. The third-order valence-electron chi connectivity index (χ3n) is 8.29. The number of rotatable bonds is 14. The predicted octanol–water partition coefficient (Wildman–Crippen LogP) is -0.481. The number of hydrogen-bond acceptors (Lipinski definition) is 11. The fourth-order valence-corrected chi connectivity index (χ4v) is 5.42. The van der Waals surface area contributed by atoms with Gasteiger partial charge in [0.1, 0.15) is 29.6 Å². The molecule has 5 atom stereocenters. The van der Waals surface area contributed by atoms with Crippen LogP contribution in [0.5, 0.6) is 11.5 Å². The van der Waals surface area contributed by atoms with Gasteiger partial charge in [0.25, 0.3) is 0 Å². The number of carbonyl (C=O) groups excluding carboxylic acids is 5. The Bertz CT molecular complexity index is 1510. The highest BCUT2D eigenvalue weighted by Gasteiger charge is 2.32. The summed E-state index contributed by atoms with van der Waals surface area (Å²) in [7, 11) is 0. The number of nitrogens with two attached hydrogens (primary N) is 5. The molecule has 0 aromatic heterocycles. The van der Waals surface area contributed by atoms with E-state index in [0.29, 0.717) is 42.5 Å². The lowest BCUT2D eigenvalue weighted by Crippen LogP contribution is -2.58. The van der Waals surface area contributed by atoms with Crippen molar-refractivity contribution in [1.29, 1.82) is 0 Å². The fourth-order valence-electron chi connectivity index (χ4n) is 5.42. The van der Waals surface area contributed by atoms with Crippen LogP contribution >= 0.6 is 49.6 Å². The van der Waals surface area contributed by atoms with Crippen molar-refractivity contribution in [2.45, 2.75) is 81.6 Å². The third-order valence-corrected chi connectivity index (χ3v) is 8.29. The number of fused-ring (bicyclic) bond motifs is 5. The zero-order valence-electron chi connectivity index (χ0n) is 29.1. The molecule has 0 radical (unpaired) electrons. The van der Waals surface area contributed by atoms with Crippen LogP contribution in [0.4, 0.5) is 0 Å². The van der Waals surface area contributed by atoms with Gasteiger partial charge in [0.05, 0.1) is 6.04 Å². The zero-order chi connectivity index (χ0) is 36.1. The van der Waals surface area contributed by atoms with E-state index in [1.54, 1.807) is 24.3 Å². The van der Waals surface area contributed by atoms with Crippen molar-refractivity contribution in [3.05, 3.63) is 47.5 Å². The van der Waals surface area contributed by atoms with Crippen molar-refractivity contribution in [3.63, 3.8) is 0 Å². The number of halogens is 4. The van der Waals surface area contributed by atoms with Gasteiger partial charge in [0, 0.05) is 31.8 Å². The molecule has 300 valence electrons. The van der Waals surface area contributed by atoms with Crippen LogP contribution < -0.4 is 49.9 Å². The molecule has 1 heterocycles. The molecule has 16 N–H and O–H groups in total. The van der Waals surface area contributed by atoms with Gasteiger partial charge in [0.15, 0.2) is 0 Å². The predicted molar refractivity (Wildman–Crippen MR) is 211 cm³/mol. The smallest absolute Gasteiger partial charge is 0.243 e. The number of carbonyl (C=O) groups is 5. The van der Waals surface area contributed by atoms with Crippen LogP contribution in [0.3, 0.4) is 0 Å². The summed E-state index contributed by atoms with van der Waals surface area (Å²) in [6.07, 6.45) is 1.04. The number of amides is 5. The molecule has 1 aliphatic heterocycles. The first-order valence-electron chi connectivity index (χ1n) is 16.4. The van der Waals surface area contributed by atoms with E-state index in [1.165, 1.54) is 12.1 Å². The number of hydrogen-bond donors (Lipinski definition) is 11. The molecule has 1 aliphatic rings. The summed E-state index contributed by atoms with van der Waals surface area (Å²) < 4.78 is 0. The summed E-state index contributed by atoms with van der Waals surface area (Å²) in [5.41, 5.74) is 30.7. The summed E-state index contributed by atoms with van der Waals surface area (Å²) >= 11 is 0. The van der Waals surface area contributed by atoms with Gasteiger partial charge in [-0.1, -0.05) is 12.1 Å². The molecule has 16 nitrogen and oxygen atoms in total. The topological polar surface area (TPSA) is 304 Å². The van der Waals surface area contributed by atoms with Gasteiger partial charge >= 0.3 is 0 Å². The molecular formula is C33H53Cl4N9O7. The monoisotopic (exact) mass is 827 g/mol. The molecule has 2 aromatic carbocycles. The normalized spacial score (nSPS) is 17.8. The van der Waals surface area contributed by atoms with Crippen LogP contribution in [-0.4, -0.2) is 89.6 Å². The molecule has 4 bridgehead atoms. The zero-order valence-corrected chi connectivity index (χ0v) is 32.4. The Kier molecular flexibility index (Phi) is 24.7. The molecule has 5 amide bonds. The minimum Gasteiger partial charge on any atom is -0.508 e. The maximum atomic E-state index is 13.9. The highest BCUT2D eigenvalue weighted by molar-refractivity contribution is 5.95. The summed E-state index contributed by atoms with van der Waals surface area (Å²) in [6.45, 7) is 0.736. The van der Waals surface area contributed by atoms with E-state index in [9.17, 15) is 34.2 Å². The lowest BCUT2D eigenvalue weighted by molar-refractivity contribution is -0.134. The molecule has 0 spiro atoms. The molecule has 0 unspecified atom stereocenters. The number of benzene rings is 2. The van der Waals surface area contributed by atoms with Gasteiger partial charge in [-0.15, -0.1) is 49.6 Å². The maximum absolute atomic E-state index is 13.9. The van der Waals surface area contributed by atoms with Gasteiger partial charge in [-0.3, -0.25) is 24.0 Å². The standard InChI is InChI=1S/C33H49N9O7.4ClH/c34-11-1-3-22(36)17-39-31(47)25(7-10-29(38)45)41-33(49)26-16-21-14-19(6-9-28(21)44)18-5-8-27(43)20(13-18)15-23(37)30(46)40-24(4-2-12-35)32(48)42-26;;;;/h5-6,8-9,13-14,22-26,43-44H,1-4,7,10-12,15-17,34-37H2,(H2,38,45)(H,39,47)(H,40,46)(H,41,49)(H,42,48);4*1H/t22-,23-,24-,25-,26-;;;;/m0..../s1. The maximum Gasteiger partial charge on any atom is 0.243 e. The number of phenolic OH excluding ortho intramolecular Hbond substituents is 2. The van der Waals surface area contributed by atoms with Crippen molar-refractivity contribution in [3.8, 4) is 22.6 Å². The molecule has 2 aromatic rings. The number of aromatic hydroxyl groups is 2. The molecule has 0 aliphatic carbocycles. The van der Waals surface area contributed by atoms with E-state index >= 15 is 0 Å². The first kappa shape index (κ1) is 51.5. The van der Waals surface area contributed by atoms with E-state index < -0.39 is 59.7 Å². The van der Waals surface area contributed by atoms with E-state index in [1.807, 2.05) is 0 Å². The number of primary amides is 1. The molecule has 3 rings (SSSR count). The SMILES string of the molecule is Cl.Cl.Cl.Cl.NCCC[C@H](N)CNC(=O)[C@H](CCC(N)=O)NC(=O)[C@@H]1Cc2cc(ccc2O)-c2ccc(O)c(c2)C[C@H](N)C(=O)N[C@@H](CCCN)C(=O)N1. The van der Waals surface area contributed by atoms with Crippen molar-refractivity contribution in [2.24, 2.45) is 28.7 Å². The third kappa shape index (κ3) is 16.1. The highest BCUT2D eigenvalue weighted by Crippen LogP contribution is 2.31. The Hall–Kier alpha value is -3.61. The van der Waals surface area contributed by atoms with Crippen LogP contribution in [0.2, 0.25) is 0 Å². The van der Waals surface area contributed by atoms with Crippen LogP contribution in [0, 0.1) is 0 Å². The average Bonchev–Trinajstić information content (AvgIpc) is 3.07. The summed E-state index contributed by atoms with van der Waals surface area (Å²) in [6, 6.07) is 4.22. The Morgan fingerprint density at radius 3 is 1.94 bits per heavy atom. The van der Waals surface area contributed by atoms with Crippen molar-refractivity contribution in [2.75, 3.05) is 19.6 Å².